The van der Waals surface area contributed by atoms with Crippen LogP contribution in [0.1, 0.15) is 30.3 Å². The minimum Gasteiger partial charge on any atom is -0.491 e. The third-order valence-electron chi connectivity index (χ3n) is 5.12. The molecule has 0 radical (unpaired) electrons. The van der Waals surface area contributed by atoms with Crippen LogP contribution in [0.2, 0.25) is 0 Å². The molecule has 0 amide bonds. The number of aromatic nitrogens is 3. The second-order valence-corrected chi connectivity index (χ2v) is 7.50. The zero-order valence-corrected chi connectivity index (χ0v) is 17.9. The van der Waals surface area contributed by atoms with Gasteiger partial charge in [0, 0.05) is 25.9 Å². The standard InChI is InChI=1S/C22H23F3N4O4/c1-30-10-11-31-16-7-8-26-18(13-16)20-27-21(33-28-20)19-6-3-9-29(19)14-15-4-2-5-17(12-15)32-22(23,24)25/h2,4-5,7-8,12-13,19H,3,6,9-11,14H2,1H3. The Labute approximate surface area is 188 Å². The Kier molecular flexibility index (Phi) is 7.09. The molecule has 4 rings (SSSR count). The van der Waals surface area contributed by atoms with Crippen LogP contribution in [0, 0.1) is 0 Å². The molecule has 0 N–H and O–H groups in total. The third-order valence-corrected chi connectivity index (χ3v) is 5.12. The molecule has 11 heteroatoms. The molecule has 1 aliphatic rings. The van der Waals surface area contributed by atoms with Gasteiger partial charge in [-0.25, -0.2) is 0 Å². The maximum absolute atomic E-state index is 12.5. The van der Waals surface area contributed by atoms with Crippen LogP contribution in [0.3, 0.4) is 0 Å². The maximum atomic E-state index is 12.5. The van der Waals surface area contributed by atoms with Gasteiger partial charge in [-0.3, -0.25) is 9.88 Å². The Bertz CT molecular complexity index is 1060. The van der Waals surface area contributed by atoms with Gasteiger partial charge in [0.05, 0.1) is 12.6 Å². The van der Waals surface area contributed by atoms with Crippen molar-refractivity contribution in [1.82, 2.24) is 20.0 Å². The number of methoxy groups -OCH3 is 1. The number of halogens is 3. The van der Waals surface area contributed by atoms with E-state index >= 15 is 0 Å². The van der Waals surface area contributed by atoms with E-state index in [-0.39, 0.29) is 11.8 Å². The van der Waals surface area contributed by atoms with Crippen molar-refractivity contribution in [3.63, 3.8) is 0 Å². The number of hydrogen-bond donors (Lipinski definition) is 0. The van der Waals surface area contributed by atoms with Gasteiger partial charge in [0.2, 0.25) is 11.7 Å². The molecule has 1 aromatic carbocycles. The molecule has 1 atom stereocenters. The number of likely N-dealkylation sites (tertiary alicyclic amines) is 1. The molecular formula is C22H23F3N4O4. The first-order valence-corrected chi connectivity index (χ1v) is 10.4. The van der Waals surface area contributed by atoms with Gasteiger partial charge in [-0.05, 0) is 43.1 Å². The van der Waals surface area contributed by atoms with E-state index in [0.29, 0.717) is 48.5 Å². The molecule has 0 aliphatic carbocycles. The van der Waals surface area contributed by atoms with E-state index in [2.05, 4.69) is 24.8 Å². The van der Waals surface area contributed by atoms with Crippen LogP contribution in [-0.2, 0) is 11.3 Å². The van der Waals surface area contributed by atoms with Crippen molar-refractivity contribution in [3.8, 4) is 23.0 Å². The molecule has 3 aromatic rings. The highest BCUT2D eigenvalue weighted by atomic mass is 19.4. The molecule has 1 aliphatic heterocycles. The predicted octanol–water partition coefficient (Wildman–Crippen LogP) is 4.39. The first kappa shape index (κ1) is 23.0. The fourth-order valence-electron chi connectivity index (χ4n) is 3.71. The lowest BCUT2D eigenvalue weighted by Crippen LogP contribution is -2.23. The van der Waals surface area contributed by atoms with Crippen molar-refractivity contribution in [2.45, 2.75) is 31.8 Å². The molecule has 1 fully saturated rings. The maximum Gasteiger partial charge on any atom is 0.573 e. The van der Waals surface area contributed by atoms with E-state index in [1.807, 2.05) is 0 Å². The highest BCUT2D eigenvalue weighted by Crippen LogP contribution is 2.34. The molecule has 176 valence electrons. The second-order valence-electron chi connectivity index (χ2n) is 7.50. The third kappa shape index (κ3) is 6.20. The van der Waals surface area contributed by atoms with Crippen LogP contribution in [0.5, 0.6) is 11.5 Å². The van der Waals surface area contributed by atoms with Crippen molar-refractivity contribution in [1.29, 1.82) is 0 Å². The number of rotatable bonds is 9. The van der Waals surface area contributed by atoms with Gasteiger partial charge < -0.3 is 18.7 Å². The summed E-state index contributed by atoms with van der Waals surface area (Å²) in [4.78, 5) is 10.9. The minimum absolute atomic E-state index is 0.139. The summed E-state index contributed by atoms with van der Waals surface area (Å²) in [5, 5.41) is 4.06. The summed E-state index contributed by atoms with van der Waals surface area (Å²) in [7, 11) is 1.60. The van der Waals surface area contributed by atoms with Gasteiger partial charge in [-0.15, -0.1) is 13.2 Å². The molecule has 1 unspecified atom stereocenters. The lowest BCUT2D eigenvalue weighted by molar-refractivity contribution is -0.274. The zero-order chi connectivity index (χ0) is 23.3. The van der Waals surface area contributed by atoms with E-state index in [0.717, 1.165) is 19.4 Å². The number of pyridine rings is 1. The Morgan fingerprint density at radius 2 is 2.03 bits per heavy atom. The van der Waals surface area contributed by atoms with Crippen LogP contribution in [0.25, 0.3) is 11.5 Å². The van der Waals surface area contributed by atoms with Crippen LogP contribution in [0.4, 0.5) is 13.2 Å². The van der Waals surface area contributed by atoms with E-state index in [1.54, 1.807) is 37.6 Å². The van der Waals surface area contributed by atoms with Crippen molar-refractivity contribution in [2.24, 2.45) is 0 Å². The van der Waals surface area contributed by atoms with Gasteiger partial charge in [0.1, 0.15) is 23.8 Å². The number of nitrogens with zero attached hydrogens (tertiary/aromatic N) is 4. The first-order chi connectivity index (χ1) is 15.9. The Morgan fingerprint density at radius 1 is 1.15 bits per heavy atom. The molecule has 0 spiro atoms. The summed E-state index contributed by atoms with van der Waals surface area (Å²) in [6.07, 6.45) is -1.42. The van der Waals surface area contributed by atoms with Crippen LogP contribution >= 0.6 is 0 Å². The Hall–Kier alpha value is -3.18. The number of benzene rings is 1. The number of ether oxygens (including phenoxy) is 3. The predicted molar refractivity (Wildman–Crippen MR) is 110 cm³/mol. The monoisotopic (exact) mass is 464 g/mol. The van der Waals surface area contributed by atoms with E-state index < -0.39 is 6.36 Å². The molecule has 8 nitrogen and oxygen atoms in total. The topological polar surface area (TPSA) is 82.7 Å². The smallest absolute Gasteiger partial charge is 0.491 e. The Morgan fingerprint density at radius 3 is 2.85 bits per heavy atom. The number of alkyl halides is 3. The van der Waals surface area contributed by atoms with E-state index in [1.165, 1.54) is 12.1 Å². The summed E-state index contributed by atoms with van der Waals surface area (Å²) in [6, 6.07) is 9.29. The van der Waals surface area contributed by atoms with Crippen LogP contribution in [0.15, 0.2) is 47.1 Å². The summed E-state index contributed by atoms with van der Waals surface area (Å²) in [5.41, 5.74) is 1.22. The van der Waals surface area contributed by atoms with Gasteiger partial charge in [0.25, 0.3) is 0 Å². The summed E-state index contributed by atoms with van der Waals surface area (Å²) < 4.78 is 57.7. The van der Waals surface area contributed by atoms with Crippen molar-refractivity contribution in [3.05, 3.63) is 54.0 Å². The molecular weight excluding hydrogens is 441 g/mol. The van der Waals surface area contributed by atoms with Crippen LogP contribution in [-0.4, -0.2) is 53.3 Å². The fraction of sp³-hybridized carbons (Fsp3) is 0.409. The van der Waals surface area contributed by atoms with Gasteiger partial charge in [0.15, 0.2) is 0 Å². The molecule has 3 heterocycles. The quantitative estimate of drug-likeness (QED) is 0.431. The van der Waals surface area contributed by atoms with Crippen molar-refractivity contribution >= 4 is 0 Å². The first-order valence-electron chi connectivity index (χ1n) is 10.4. The highest BCUT2D eigenvalue weighted by molar-refractivity contribution is 5.50. The highest BCUT2D eigenvalue weighted by Gasteiger charge is 2.32. The molecule has 0 saturated carbocycles. The largest absolute Gasteiger partial charge is 0.573 e. The average molecular weight is 464 g/mol. The molecule has 33 heavy (non-hydrogen) atoms. The molecule has 0 bridgehead atoms. The normalized spacial score (nSPS) is 16.8. The molecule has 1 saturated heterocycles. The van der Waals surface area contributed by atoms with E-state index in [4.69, 9.17) is 14.0 Å². The van der Waals surface area contributed by atoms with Gasteiger partial charge >= 0.3 is 6.36 Å². The van der Waals surface area contributed by atoms with Gasteiger partial charge in [-0.2, -0.15) is 4.98 Å². The van der Waals surface area contributed by atoms with Crippen molar-refractivity contribution < 1.29 is 31.9 Å². The summed E-state index contributed by atoms with van der Waals surface area (Å²) >= 11 is 0. The van der Waals surface area contributed by atoms with Gasteiger partial charge in [-0.1, -0.05) is 17.3 Å². The Balaban J connectivity index is 1.45. The second kappa shape index (κ2) is 10.2. The lowest BCUT2D eigenvalue weighted by Gasteiger charge is -2.21. The minimum atomic E-state index is -4.73. The fourth-order valence-corrected chi connectivity index (χ4v) is 3.71. The zero-order valence-electron chi connectivity index (χ0n) is 17.9. The molecule has 2 aromatic heterocycles. The number of hydrogen-bond acceptors (Lipinski definition) is 8. The van der Waals surface area contributed by atoms with E-state index in [9.17, 15) is 13.2 Å². The van der Waals surface area contributed by atoms with Crippen molar-refractivity contribution in [2.75, 3.05) is 26.9 Å². The van der Waals surface area contributed by atoms with Crippen LogP contribution < -0.4 is 9.47 Å². The average Bonchev–Trinajstić information content (AvgIpc) is 3.43. The SMILES string of the molecule is COCCOc1ccnc(-c2noc(C3CCCN3Cc3cccc(OC(F)(F)F)c3)n2)c1. The summed E-state index contributed by atoms with van der Waals surface area (Å²) in [5.74, 6) is 1.16. The lowest BCUT2D eigenvalue weighted by atomic mass is 10.1. The summed E-state index contributed by atoms with van der Waals surface area (Å²) in [6.45, 7) is 2.06.